The van der Waals surface area contributed by atoms with Crippen LogP contribution in [0.4, 0.5) is 0 Å². The SMILES string of the molecule is Cc1ccccc1CN1CCC(N2CCC(C(=O)N3CCC[C@H]3CO)CC2)CC1. The largest absolute Gasteiger partial charge is 0.394 e. The van der Waals surface area contributed by atoms with Crippen molar-refractivity contribution in [2.45, 2.75) is 64.1 Å². The standard InChI is InChI=1S/C24H37N3O2/c1-19-5-2-3-6-21(19)17-25-13-10-22(11-14-25)26-15-8-20(9-16-26)24(29)27-12-4-7-23(27)18-28/h2-3,5-6,20,22-23,28H,4,7-18H2,1H3/t23-/m0/s1. The summed E-state index contributed by atoms with van der Waals surface area (Å²) >= 11 is 0. The van der Waals surface area contributed by atoms with E-state index in [1.165, 1.54) is 37.1 Å². The fraction of sp³-hybridized carbons (Fsp3) is 0.708. The van der Waals surface area contributed by atoms with Gasteiger partial charge < -0.3 is 14.9 Å². The van der Waals surface area contributed by atoms with E-state index in [2.05, 4.69) is 41.0 Å². The number of aliphatic hydroxyl groups is 1. The summed E-state index contributed by atoms with van der Waals surface area (Å²) in [5, 5.41) is 9.52. The molecule has 29 heavy (non-hydrogen) atoms. The number of rotatable bonds is 5. The van der Waals surface area contributed by atoms with Gasteiger partial charge in [-0.05, 0) is 82.8 Å². The van der Waals surface area contributed by atoms with E-state index in [4.69, 9.17) is 0 Å². The van der Waals surface area contributed by atoms with Crippen molar-refractivity contribution >= 4 is 5.91 Å². The maximum absolute atomic E-state index is 12.9. The number of carbonyl (C=O) groups is 1. The van der Waals surface area contributed by atoms with Crippen molar-refractivity contribution in [2.75, 3.05) is 39.3 Å². The van der Waals surface area contributed by atoms with Gasteiger partial charge in [0, 0.05) is 25.0 Å². The van der Waals surface area contributed by atoms with E-state index in [1.54, 1.807) is 0 Å². The number of hydrogen-bond donors (Lipinski definition) is 1. The van der Waals surface area contributed by atoms with Crippen molar-refractivity contribution in [1.82, 2.24) is 14.7 Å². The number of benzene rings is 1. The quantitative estimate of drug-likeness (QED) is 0.827. The average Bonchev–Trinajstić information content (AvgIpc) is 3.24. The summed E-state index contributed by atoms with van der Waals surface area (Å²) in [4.78, 5) is 20.1. The molecule has 5 nitrogen and oxygen atoms in total. The Hall–Kier alpha value is -1.43. The second-order valence-electron chi connectivity index (χ2n) is 9.25. The van der Waals surface area contributed by atoms with Crippen LogP contribution in [0.15, 0.2) is 24.3 Å². The molecule has 1 aromatic rings. The topological polar surface area (TPSA) is 47.0 Å². The number of amides is 1. The Labute approximate surface area is 175 Å². The molecule has 1 N–H and O–H groups in total. The Morgan fingerprint density at radius 2 is 1.72 bits per heavy atom. The van der Waals surface area contributed by atoms with Gasteiger partial charge in [0.15, 0.2) is 0 Å². The first kappa shape index (κ1) is 20.8. The van der Waals surface area contributed by atoms with Crippen molar-refractivity contribution in [3.8, 4) is 0 Å². The molecule has 0 unspecified atom stereocenters. The molecule has 0 spiro atoms. The molecule has 0 radical (unpaired) electrons. The van der Waals surface area contributed by atoms with Crippen molar-refractivity contribution in [3.63, 3.8) is 0 Å². The van der Waals surface area contributed by atoms with Crippen LogP contribution >= 0.6 is 0 Å². The van der Waals surface area contributed by atoms with Crippen LogP contribution in [0.5, 0.6) is 0 Å². The van der Waals surface area contributed by atoms with E-state index in [9.17, 15) is 9.90 Å². The summed E-state index contributed by atoms with van der Waals surface area (Å²) in [6.45, 7) is 8.67. The highest BCUT2D eigenvalue weighted by atomic mass is 16.3. The Kier molecular flexibility index (Phi) is 6.88. The Morgan fingerprint density at radius 1 is 1.00 bits per heavy atom. The Morgan fingerprint density at radius 3 is 2.41 bits per heavy atom. The molecule has 1 atom stereocenters. The first-order chi connectivity index (χ1) is 14.2. The maximum Gasteiger partial charge on any atom is 0.226 e. The lowest BCUT2D eigenvalue weighted by Crippen LogP contribution is -2.50. The number of nitrogens with zero attached hydrogens (tertiary/aromatic N) is 3. The molecule has 3 aliphatic heterocycles. The predicted molar refractivity (Wildman–Crippen MR) is 116 cm³/mol. The predicted octanol–water partition coefficient (Wildman–Crippen LogP) is 2.65. The fourth-order valence-electron chi connectivity index (χ4n) is 5.53. The third kappa shape index (κ3) is 4.84. The lowest BCUT2D eigenvalue weighted by Gasteiger charge is -2.42. The van der Waals surface area contributed by atoms with Gasteiger partial charge in [-0.15, -0.1) is 0 Å². The number of aliphatic hydroxyl groups excluding tert-OH is 1. The fourth-order valence-corrected chi connectivity index (χ4v) is 5.53. The lowest BCUT2D eigenvalue weighted by molar-refractivity contribution is -0.139. The number of aryl methyl sites for hydroxylation is 1. The second-order valence-corrected chi connectivity index (χ2v) is 9.25. The van der Waals surface area contributed by atoms with Gasteiger partial charge in [-0.3, -0.25) is 9.69 Å². The molecule has 1 aromatic carbocycles. The molecule has 3 aliphatic rings. The molecule has 0 bridgehead atoms. The van der Waals surface area contributed by atoms with Crippen molar-refractivity contribution in [2.24, 2.45) is 5.92 Å². The smallest absolute Gasteiger partial charge is 0.226 e. The van der Waals surface area contributed by atoms with Gasteiger partial charge in [-0.2, -0.15) is 0 Å². The van der Waals surface area contributed by atoms with Crippen LogP contribution in [-0.4, -0.2) is 77.1 Å². The summed E-state index contributed by atoms with van der Waals surface area (Å²) in [6.07, 6.45) is 6.44. The lowest BCUT2D eigenvalue weighted by atomic mass is 9.92. The summed E-state index contributed by atoms with van der Waals surface area (Å²) in [6, 6.07) is 9.47. The highest BCUT2D eigenvalue weighted by molar-refractivity contribution is 5.79. The number of carbonyl (C=O) groups excluding carboxylic acids is 1. The zero-order valence-corrected chi connectivity index (χ0v) is 17.9. The number of piperidine rings is 2. The van der Waals surface area contributed by atoms with Crippen molar-refractivity contribution < 1.29 is 9.90 Å². The van der Waals surface area contributed by atoms with Gasteiger partial charge in [-0.25, -0.2) is 0 Å². The Bertz CT molecular complexity index is 678. The summed E-state index contributed by atoms with van der Waals surface area (Å²) in [5.41, 5.74) is 2.84. The minimum Gasteiger partial charge on any atom is -0.394 e. The van der Waals surface area contributed by atoms with Crippen molar-refractivity contribution in [3.05, 3.63) is 35.4 Å². The molecule has 0 saturated carbocycles. The molecular weight excluding hydrogens is 362 g/mol. The van der Waals surface area contributed by atoms with E-state index in [0.717, 1.165) is 51.9 Å². The van der Waals surface area contributed by atoms with Crippen LogP contribution in [-0.2, 0) is 11.3 Å². The minimum atomic E-state index is 0.0677. The molecule has 160 valence electrons. The first-order valence-corrected chi connectivity index (χ1v) is 11.6. The molecule has 3 saturated heterocycles. The summed E-state index contributed by atoms with van der Waals surface area (Å²) in [7, 11) is 0. The van der Waals surface area contributed by atoms with Crippen molar-refractivity contribution in [1.29, 1.82) is 0 Å². The first-order valence-electron chi connectivity index (χ1n) is 11.6. The normalized spacial score (nSPS) is 25.6. The molecule has 3 fully saturated rings. The van der Waals surface area contributed by atoms with Crippen LogP contribution in [0.3, 0.4) is 0 Å². The summed E-state index contributed by atoms with van der Waals surface area (Å²) in [5.74, 6) is 0.466. The van der Waals surface area contributed by atoms with Crippen LogP contribution in [0, 0.1) is 12.8 Å². The van der Waals surface area contributed by atoms with Crippen LogP contribution in [0.1, 0.15) is 49.7 Å². The van der Waals surface area contributed by atoms with Gasteiger partial charge in [0.1, 0.15) is 0 Å². The van der Waals surface area contributed by atoms with Gasteiger partial charge >= 0.3 is 0 Å². The van der Waals surface area contributed by atoms with Gasteiger partial charge in [-0.1, -0.05) is 24.3 Å². The van der Waals surface area contributed by atoms with Crippen LogP contribution in [0.2, 0.25) is 0 Å². The van der Waals surface area contributed by atoms with E-state index in [0.29, 0.717) is 11.9 Å². The highest BCUT2D eigenvalue weighted by Gasteiger charge is 2.36. The third-order valence-electron chi connectivity index (χ3n) is 7.48. The maximum atomic E-state index is 12.9. The molecule has 0 aliphatic carbocycles. The van der Waals surface area contributed by atoms with E-state index >= 15 is 0 Å². The van der Waals surface area contributed by atoms with Gasteiger partial charge in [0.2, 0.25) is 5.91 Å². The highest BCUT2D eigenvalue weighted by Crippen LogP contribution is 2.28. The van der Waals surface area contributed by atoms with Crippen LogP contribution in [0.25, 0.3) is 0 Å². The van der Waals surface area contributed by atoms with Gasteiger partial charge in [0.25, 0.3) is 0 Å². The van der Waals surface area contributed by atoms with E-state index in [-0.39, 0.29) is 18.6 Å². The molecule has 0 aromatic heterocycles. The minimum absolute atomic E-state index is 0.0677. The monoisotopic (exact) mass is 399 g/mol. The zero-order valence-electron chi connectivity index (χ0n) is 17.9. The molecular formula is C24H37N3O2. The number of hydrogen-bond acceptors (Lipinski definition) is 4. The van der Waals surface area contributed by atoms with E-state index in [1.807, 2.05) is 4.90 Å². The average molecular weight is 400 g/mol. The number of likely N-dealkylation sites (tertiary alicyclic amines) is 3. The molecule has 5 heteroatoms. The molecule has 4 rings (SSSR count). The zero-order chi connectivity index (χ0) is 20.2. The summed E-state index contributed by atoms with van der Waals surface area (Å²) < 4.78 is 0. The second kappa shape index (κ2) is 9.59. The molecule has 3 heterocycles. The van der Waals surface area contributed by atoms with Gasteiger partial charge in [0.05, 0.1) is 12.6 Å². The third-order valence-corrected chi connectivity index (χ3v) is 7.48. The molecule has 1 amide bonds. The van der Waals surface area contributed by atoms with Crippen LogP contribution < -0.4 is 0 Å². The van der Waals surface area contributed by atoms with E-state index < -0.39 is 0 Å². The Balaban J connectivity index is 1.22.